The van der Waals surface area contributed by atoms with Gasteiger partial charge in [-0.15, -0.1) is 17.5 Å². The number of rotatable bonds is 4. The molecule has 1 heterocycles. The Labute approximate surface area is 153 Å². The van der Waals surface area contributed by atoms with E-state index in [2.05, 4.69) is 20.8 Å². The lowest BCUT2D eigenvalue weighted by atomic mass is 9.74. The number of tetrazole rings is 1. The number of amides is 1. The van der Waals surface area contributed by atoms with Crippen molar-refractivity contribution in [3.63, 3.8) is 0 Å². The molecule has 0 bridgehead atoms. The first-order valence-corrected chi connectivity index (χ1v) is 8.47. The molecule has 1 saturated carbocycles. The summed E-state index contributed by atoms with van der Waals surface area (Å²) in [6.07, 6.45) is 3.87. The van der Waals surface area contributed by atoms with E-state index in [1.807, 2.05) is 38.1 Å². The van der Waals surface area contributed by atoms with Gasteiger partial charge in [-0.2, -0.15) is 0 Å². The molecule has 0 radical (unpaired) electrons. The van der Waals surface area contributed by atoms with Crippen LogP contribution in [0.25, 0.3) is 11.4 Å². The van der Waals surface area contributed by atoms with Crippen LogP contribution in [0.15, 0.2) is 24.3 Å². The van der Waals surface area contributed by atoms with Crippen LogP contribution in [0.1, 0.15) is 39.5 Å². The molecule has 1 aromatic heterocycles. The van der Waals surface area contributed by atoms with Gasteiger partial charge in [-0.3, -0.25) is 4.79 Å². The molecule has 1 fully saturated rings. The van der Waals surface area contributed by atoms with E-state index in [0.29, 0.717) is 12.4 Å². The van der Waals surface area contributed by atoms with Crippen molar-refractivity contribution in [2.24, 2.45) is 11.7 Å². The van der Waals surface area contributed by atoms with Crippen LogP contribution in [0.5, 0.6) is 0 Å². The summed E-state index contributed by atoms with van der Waals surface area (Å²) in [5.41, 5.74) is 7.51. The lowest BCUT2D eigenvalue weighted by molar-refractivity contribution is -0.122. The highest BCUT2D eigenvalue weighted by Crippen LogP contribution is 2.32. The number of anilines is 1. The van der Waals surface area contributed by atoms with Crippen molar-refractivity contribution in [1.29, 1.82) is 0 Å². The number of aryl methyl sites for hydroxylation is 1. The number of carbonyl (C=O) groups is 1. The van der Waals surface area contributed by atoms with Gasteiger partial charge in [0.25, 0.3) is 0 Å². The Hall–Kier alpha value is -1.99. The minimum atomic E-state index is -0.438. The summed E-state index contributed by atoms with van der Waals surface area (Å²) in [6.45, 7) is 4.64. The highest BCUT2D eigenvalue weighted by Gasteiger charge is 2.37. The number of carbonyl (C=O) groups excluding carboxylic acids is 1. The molecule has 3 N–H and O–H groups in total. The van der Waals surface area contributed by atoms with Crippen molar-refractivity contribution >= 4 is 24.0 Å². The van der Waals surface area contributed by atoms with E-state index in [4.69, 9.17) is 5.73 Å². The van der Waals surface area contributed by atoms with Crippen LogP contribution < -0.4 is 11.1 Å². The third-order valence-electron chi connectivity index (χ3n) is 4.79. The van der Waals surface area contributed by atoms with Gasteiger partial charge >= 0.3 is 0 Å². The number of nitrogens with one attached hydrogen (secondary N) is 1. The maximum atomic E-state index is 12.7. The van der Waals surface area contributed by atoms with Crippen molar-refractivity contribution in [3.8, 4) is 11.4 Å². The van der Waals surface area contributed by atoms with Crippen LogP contribution in [0.3, 0.4) is 0 Å². The molecule has 2 aromatic rings. The largest absolute Gasteiger partial charge is 0.326 e. The topological polar surface area (TPSA) is 98.7 Å². The fourth-order valence-corrected chi connectivity index (χ4v) is 3.38. The molecule has 25 heavy (non-hydrogen) atoms. The van der Waals surface area contributed by atoms with Crippen LogP contribution in [0.4, 0.5) is 5.69 Å². The highest BCUT2D eigenvalue weighted by molar-refractivity contribution is 5.94. The number of hydrogen-bond donors (Lipinski definition) is 2. The van der Waals surface area contributed by atoms with Crippen LogP contribution in [-0.2, 0) is 11.3 Å². The van der Waals surface area contributed by atoms with Gasteiger partial charge in [0.2, 0.25) is 5.91 Å². The fourth-order valence-electron chi connectivity index (χ4n) is 3.38. The van der Waals surface area contributed by atoms with E-state index in [-0.39, 0.29) is 24.2 Å². The number of aromatic nitrogens is 4. The third-order valence-corrected chi connectivity index (χ3v) is 4.79. The van der Waals surface area contributed by atoms with Crippen molar-refractivity contribution in [1.82, 2.24) is 20.2 Å². The maximum Gasteiger partial charge on any atom is 0.229 e. The van der Waals surface area contributed by atoms with E-state index in [1.165, 1.54) is 0 Å². The molecule has 0 spiro atoms. The summed E-state index contributed by atoms with van der Waals surface area (Å²) in [7, 11) is 0. The van der Waals surface area contributed by atoms with Crippen molar-refractivity contribution in [2.45, 2.75) is 51.6 Å². The minimum Gasteiger partial charge on any atom is -0.326 e. The van der Waals surface area contributed by atoms with E-state index >= 15 is 0 Å². The Kier molecular flexibility index (Phi) is 6.13. The second kappa shape index (κ2) is 7.93. The average molecular weight is 365 g/mol. The van der Waals surface area contributed by atoms with Gasteiger partial charge in [-0.05, 0) is 49.2 Å². The lowest BCUT2D eigenvalue weighted by Gasteiger charge is -2.37. The molecule has 7 nitrogen and oxygen atoms in total. The highest BCUT2D eigenvalue weighted by atomic mass is 35.5. The summed E-state index contributed by atoms with van der Waals surface area (Å²) >= 11 is 0. The zero-order valence-electron chi connectivity index (χ0n) is 14.6. The first kappa shape index (κ1) is 19.3. The molecule has 0 aliphatic heterocycles. The average Bonchev–Trinajstić information content (AvgIpc) is 3.03. The molecule has 2 atom stereocenters. The van der Waals surface area contributed by atoms with Gasteiger partial charge in [0, 0.05) is 23.3 Å². The summed E-state index contributed by atoms with van der Waals surface area (Å²) in [6, 6.07) is 7.59. The predicted molar refractivity (Wildman–Crippen MR) is 99.4 cm³/mol. The standard InChI is InChI=1S/C17H24N6O.ClH/c1-3-23-15(20-21-22-23)12-7-6-8-13(11-12)19-16(24)14-9-4-5-10-17(14,2)18;/h6-8,11,14H,3-5,9-10,18H2,1-2H3,(H,19,24);1H. The van der Waals surface area contributed by atoms with Crippen LogP contribution in [0, 0.1) is 5.92 Å². The number of halogens is 1. The lowest BCUT2D eigenvalue weighted by Crippen LogP contribution is -2.51. The van der Waals surface area contributed by atoms with Crippen molar-refractivity contribution in [2.75, 3.05) is 5.32 Å². The summed E-state index contributed by atoms with van der Waals surface area (Å²) in [5, 5.41) is 14.7. The minimum absolute atomic E-state index is 0. The number of hydrogen-bond acceptors (Lipinski definition) is 5. The quantitative estimate of drug-likeness (QED) is 0.868. The fraction of sp³-hybridized carbons (Fsp3) is 0.529. The van der Waals surface area contributed by atoms with Gasteiger partial charge in [-0.25, -0.2) is 4.68 Å². The number of nitrogens with two attached hydrogens (primary N) is 1. The van der Waals surface area contributed by atoms with Gasteiger partial charge in [0.1, 0.15) is 0 Å². The number of nitrogens with zero attached hydrogens (tertiary/aromatic N) is 4. The second-order valence-corrected chi connectivity index (χ2v) is 6.69. The van der Waals surface area contributed by atoms with Crippen LogP contribution in [0.2, 0.25) is 0 Å². The molecule has 1 amide bonds. The monoisotopic (exact) mass is 364 g/mol. The molecule has 0 saturated heterocycles. The molecule has 1 aliphatic rings. The smallest absolute Gasteiger partial charge is 0.229 e. The summed E-state index contributed by atoms with van der Waals surface area (Å²) < 4.78 is 1.72. The molecular formula is C17H25ClN6O. The maximum absolute atomic E-state index is 12.7. The van der Waals surface area contributed by atoms with E-state index in [1.54, 1.807) is 4.68 Å². The molecular weight excluding hydrogens is 340 g/mol. The van der Waals surface area contributed by atoms with Gasteiger partial charge < -0.3 is 11.1 Å². The Bertz CT molecular complexity index is 729. The molecule has 136 valence electrons. The molecule has 3 rings (SSSR count). The predicted octanol–water partition coefficient (Wildman–Crippen LogP) is 2.63. The number of benzene rings is 1. The Balaban J connectivity index is 0.00000225. The zero-order chi connectivity index (χ0) is 17.2. The third kappa shape index (κ3) is 4.16. The summed E-state index contributed by atoms with van der Waals surface area (Å²) in [5.74, 6) is 0.526. The Morgan fingerprint density at radius 1 is 1.44 bits per heavy atom. The van der Waals surface area contributed by atoms with Gasteiger partial charge in [0.05, 0.1) is 5.92 Å². The van der Waals surface area contributed by atoms with Gasteiger partial charge in [0.15, 0.2) is 5.82 Å². The molecule has 1 aliphatic carbocycles. The Morgan fingerprint density at radius 2 is 2.24 bits per heavy atom. The Morgan fingerprint density at radius 3 is 2.96 bits per heavy atom. The normalized spacial score (nSPS) is 22.9. The second-order valence-electron chi connectivity index (χ2n) is 6.69. The first-order valence-electron chi connectivity index (χ1n) is 8.47. The molecule has 2 unspecified atom stereocenters. The molecule has 8 heteroatoms. The first-order chi connectivity index (χ1) is 11.5. The van der Waals surface area contributed by atoms with Crippen LogP contribution >= 0.6 is 12.4 Å². The van der Waals surface area contributed by atoms with Crippen molar-refractivity contribution < 1.29 is 4.79 Å². The van der Waals surface area contributed by atoms with Gasteiger partial charge in [-0.1, -0.05) is 25.0 Å². The van der Waals surface area contributed by atoms with E-state index in [9.17, 15) is 4.79 Å². The zero-order valence-corrected chi connectivity index (χ0v) is 15.4. The molecule has 1 aromatic carbocycles. The van der Waals surface area contributed by atoms with Crippen LogP contribution in [-0.4, -0.2) is 31.7 Å². The summed E-state index contributed by atoms with van der Waals surface area (Å²) in [4.78, 5) is 12.7. The SMILES string of the molecule is CCn1nnnc1-c1cccc(NC(=O)C2CCCCC2(C)N)c1.Cl. The van der Waals surface area contributed by atoms with Crippen molar-refractivity contribution in [3.05, 3.63) is 24.3 Å². The van der Waals surface area contributed by atoms with E-state index < -0.39 is 5.54 Å². The van der Waals surface area contributed by atoms with E-state index in [0.717, 1.165) is 36.9 Å².